The van der Waals surface area contributed by atoms with Crippen LogP contribution in [0.25, 0.3) is 0 Å². The molecule has 2 N–H and O–H groups in total. The third-order valence-corrected chi connectivity index (χ3v) is 4.20. The summed E-state index contributed by atoms with van der Waals surface area (Å²) in [6, 6.07) is 6.21. The van der Waals surface area contributed by atoms with Gasteiger partial charge >= 0.3 is 7.12 Å². The average Bonchev–Trinajstić information content (AvgIpc) is 2.57. The highest BCUT2D eigenvalue weighted by Crippen LogP contribution is 2.36. The van der Waals surface area contributed by atoms with Gasteiger partial charge in [-0.05, 0) is 53.1 Å². The van der Waals surface area contributed by atoms with E-state index in [1.807, 2.05) is 45.9 Å². The third kappa shape index (κ3) is 3.14. The van der Waals surface area contributed by atoms with Crippen molar-refractivity contribution >= 4 is 24.5 Å². The molecule has 0 unspecified atom stereocenters. The Labute approximate surface area is 127 Å². The molecule has 1 saturated heterocycles. The SMILES string of the molecule is CC(C)Nc1cc(B2OC(C)(C)C(C)(C)O2)ccc1C=N. The summed E-state index contributed by atoms with van der Waals surface area (Å²) in [5.74, 6) is 0. The van der Waals surface area contributed by atoms with Crippen molar-refractivity contribution in [2.24, 2.45) is 0 Å². The van der Waals surface area contributed by atoms with Crippen LogP contribution in [-0.2, 0) is 9.31 Å². The van der Waals surface area contributed by atoms with Gasteiger partial charge in [0.25, 0.3) is 0 Å². The predicted octanol–water partition coefficient (Wildman–Crippen LogP) is 2.80. The summed E-state index contributed by atoms with van der Waals surface area (Å²) in [5.41, 5.74) is 2.09. The van der Waals surface area contributed by atoms with Crippen LogP contribution in [0.5, 0.6) is 0 Å². The van der Waals surface area contributed by atoms with Crippen molar-refractivity contribution in [1.82, 2.24) is 0 Å². The molecule has 1 aliphatic heterocycles. The largest absolute Gasteiger partial charge is 0.494 e. The number of rotatable bonds is 4. The Morgan fingerprint density at radius 1 is 1.14 bits per heavy atom. The molecule has 0 atom stereocenters. The standard InChI is InChI=1S/C16H25BN2O2/c1-11(2)19-14-9-13(8-7-12(14)10-18)17-20-15(3,4)16(5,6)21-17/h7-11,18-19H,1-6H3. The van der Waals surface area contributed by atoms with Crippen LogP contribution < -0.4 is 10.8 Å². The van der Waals surface area contributed by atoms with Crippen molar-refractivity contribution in [3.05, 3.63) is 23.8 Å². The van der Waals surface area contributed by atoms with Gasteiger partial charge in [-0.1, -0.05) is 12.1 Å². The molecule has 1 aliphatic rings. The van der Waals surface area contributed by atoms with E-state index in [-0.39, 0.29) is 18.3 Å². The normalized spacial score (nSPS) is 19.9. The van der Waals surface area contributed by atoms with Gasteiger partial charge in [-0.15, -0.1) is 0 Å². The Morgan fingerprint density at radius 2 is 1.71 bits per heavy atom. The van der Waals surface area contributed by atoms with Crippen LogP contribution in [0.15, 0.2) is 18.2 Å². The summed E-state index contributed by atoms with van der Waals surface area (Å²) < 4.78 is 12.2. The minimum Gasteiger partial charge on any atom is -0.399 e. The first kappa shape index (κ1) is 16.1. The van der Waals surface area contributed by atoms with Gasteiger partial charge in [-0.25, -0.2) is 0 Å². The lowest BCUT2D eigenvalue weighted by molar-refractivity contribution is 0.00578. The van der Waals surface area contributed by atoms with Crippen LogP contribution >= 0.6 is 0 Å². The van der Waals surface area contributed by atoms with Crippen LogP contribution in [0, 0.1) is 5.41 Å². The maximum Gasteiger partial charge on any atom is 0.494 e. The summed E-state index contributed by atoms with van der Waals surface area (Å²) in [6.45, 7) is 12.3. The van der Waals surface area contributed by atoms with Crippen LogP contribution in [0.3, 0.4) is 0 Å². The smallest absolute Gasteiger partial charge is 0.399 e. The van der Waals surface area contributed by atoms with Gasteiger partial charge in [-0.3, -0.25) is 0 Å². The van der Waals surface area contributed by atoms with E-state index in [9.17, 15) is 0 Å². The van der Waals surface area contributed by atoms with Crippen molar-refractivity contribution < 1.29 is 9.31 Å². The van der Waals surface area contributed by atoms with Crippen molar-refractivity contribution in [3.8, 4) is 0 Å². The molecule has 0 radical (unpaired) electrons. The molecule has 0 aromatic heterocycles. The van der Waals surface area contributed by atoms with Gasteiger partial charge in [0.05, 0.1) is 11.2 Å². The fourth-order valence-electron chi connectivity index (χ4n) is 2.26. The highest BCUT2D eigenvalue weighted by atomic mass is 16.7. The van der Waals surface area contributed by atoms with E-state index < -0.39 is 0 Å². The van der Waals surface area contributed by atoms with Crippen LogP contribution in [0.4, 0.5) is 5.69 Å². The monoisotopic (exact) mass is 288 g/mol. The molecule has 0 spiro atoms. The summed E-state index contributed by atoms with van der Waals surface area (Å²) in [6.07, 6.45) is 1.36. The van der Waals surface area contributed by atoms with Gasteiger partial charge in [0.15, 0.2) is 0 Å². The molecule has 0 amide bonds. The van der Waals surface area contributed by atoms with E-state index in [2.05, 4.69) is 19.2 Å². The van der Waals surface area contributed by atoms with Crippen molar-refractivity contribution in [3.63, 3.8) is 0 Å². The van der Waals surface area contributed by atoms with Gasteiger partial charge in [0.1, 0.15) is 0 Å². The minimum atomic E-state index is -0.373. The highest BCUT2D eigenvalue weighted by Gasteiger charge is 2.51. The van der Waals surface area contributed by atoms with E-state index in [4.69, 9.17) is 14.7 Å². The molecule has 5 heteroatoms. The molecular formula is C16H25BN2O2. The summed E-state index contributed by atoms with van der Waals surface area (Å²) in [5, 5.41) is 10.9. The second-order valence-corrected chi connectivity index (χ2v) is 6.88. The summed E-state index contributed by atoms with van der Waals surface area (Å²) in [4.78, 5) is 0. The maximum atomic E-state index is 7.51. The molecule has 1 heterocycles. The lowest BCUT2D eigenvalue weighted by atomic mass is 9.78. The van der Waals surface area contributed by atoms with Crippen LogP contribution in [-0.4, -0.2) is 30.6 Å². The van der Waals surface area contributed by atoms with Gasteiger partial charge < -0.3 is 20.0 Å². The Bertz CT molecular complexity index is 525. The Hall–Kier alpha value is -1.33. The predicted molar refractivity (Wildman–Crippen MR) is 88.8 cm³/mol. The fourth-order valence-corrected chi connectivity index (χ4v) is 2.26. The first-order chi connectivity index (χ1) is 9.66. The molecule has 0 saturated carbocycles. The number of hydrogen-bond donors (Lipinski definition) is 2. The molecule has 0 bridgehead atoms. The molecular weight excluding hydrogens is 263 g/mol. The topological polar surface area (TPSA) is 54.3 Å². The highest BCUT2D eigenvalue weighted by molar-refractivity contribution is 6.62. The Kier molecular flexibility index (Phi) is 4.18. The molecule has 21 heavy (non-hydrogen) atoms. The zero-order valence-electron chi connectivity index (χ0n) is 13.8. The van der Waals surface area contributed by atoms with Gasteiger partial charge in [0, 0.05) is 23.5 Å². The number of benzene rings is 1. The molecule has 1 aromatic carbocycles. The van der Waals surface area contributed by atoms with E-state index in [1.165, 1.54) is 6.21 Å². The summed E-state index contributed by atoms with van der Waals surface area (Å²) >= 11 is 0. The second-order valence-electron chi connectivity index (χ2n) is 6.88. The molecule has 2 rings (SSSR count). The first-order valence-corrected chi connectivity index (χ1v) is 7.43. The fraction of sp³-hybridized carbons (Fsp3) is 0.562. The van der Waals surface area contributed by atoms with Crippen LogP contribution in [0.2, 0.25) is 0 Å². The number of nitrogens with one attached hydrogen (secondary N) is 2. The Morgan fingerprint density at radius 3 is 2.19 bits per heavy atom. The Balaban J connectivity index is 2.32. The van der Waals surface area contributed by atoms with Crippen molar-refractivity contribution in [1.29, 1.82) is 5.41 Å². The third-order valence-electron chi connectivity index (χ3n) is 4.20. The first-order valence-electron chi connectivity index (χ1n) is 7.43. The zero-order valence-corrected chi connectivity index (χ0v) is 13.8. The molecule has 4 nitrogen and oxygen atoms in total. The summed E-state index contributed by atoms with van der Waals surface area (Å²) in [7, 11) is -0.373. The molecule has 0 aliphatic carbocycles. The van der Waals surface area contributed by atoms with Crippen LogP contribution in [0.1, 0.15) is 47.1 Å². The second kappa shape index (κ2) is 5.46. The van der Waals surface area contributed by atoms with Crippen molar-refractivity contribution in [2.45, 2.75) is 58.8 Å². The van der Waals surface area contributed by atoms with E-state index in [0.717, 1.165) is 16.7 Å². The molecule has 1 aromatic rings. The van der Waals surface area contributed by atoms with Gasteiger partial charge in [-0.2, -0.15) is 0 Å². The average molecular weight is 288 g/mol. The van der Waals surface area contributed by atoms with Crippen molar-refractivity contribution in [2.75, 3.05) is 5.32 Å². The lowest BCUT2D eigenvalue weighted by Gasteiger charge is -2.32. The van der Waals surface area contributed by atoms with E-state index in [0.29, 0.717) is 6.04 Å². The zero-order chi connectivity index (χ0) is 15.8. The lowest BCUT2D eigenvalue weighted by Crippen LogP contribution is -2.41. The minimum absolute atomic E-state index is 0.303. The molecule has 1 fully saturated rings. The van der Waals surface area contributed by atoms with Gasteiger partial charge in [0.2, 0.25) is 0 Å². The quantitative estimate of drug-likeness (QED) is 0.661. The van der Waals surface area contributed by atoms with E-state index in [1.54, 1.807) is 0 Å². The maximum absolute atomic E-state index is 7.51. The number of anilines is 1. The number of hydrogen-bond acceptors (Lipinski definition) is 4. The van der Waals surface area contributed by atoms with E-state index >= 15 is 0 Å². The molecule has 114 valence electrons.